The molecule has 0 aliphatic carbocycles. The van der Waals surface area contributed by atoms with Crippen molar-refractivity contribution in [1.82, 2.24) is 19.5 Å². The van der Waals surface area contributed by atoms with E-state index in [1.165, 1.54) is 6.33 Å². The predicted octanol–water partition coefficient (Wildman–Crippen LogP) is 2.40. The minimum Gasteiger partial charge on any atom is -0.447 e. The van der Waals surface area contributed by atoms with Crippen LogP contribution in [0.4, 0.5) is 5.82 Å². The predicted molar refractivity (Wildman–Crippen MR) is 109 cm³/mol. The van der Waals surface area contributed by atoms with Gasteiger partial charge in [0, 0.05) is 12.2 Å². The van der Waals surface area contributed by atoms with Crippen LogP contribution in [-0.2, 0) is 18.6 Å². The number of thiocarbonyl (C=S) groups is 1. The van der Waals surface area contributed by atoms with Gasteiger partial charge in [0.1, 0.15) is 17.9 Å². The molecule has 4 atom stereocenters. The third kappa shape index (κ3) is 3.15. The van der Waals surface area contributed by atoms with Crippen LogP contribution in [0.2, 0.25) is 18.1 Å². The minimum atomic E-state index is -1.94. The van der Waals surface area contributed by atoms with Gasteiger partial charge >= 0.3 is 5.24 Å². The molecule has 2 saturated heterocycles. The van der Waals surface area contributed by atoms with Crippen molar-refractivity contribution >= 4 is 42.8 Å². The number of imidazole rings is 1. The highest BCUT2D eigenvalue weighted by Crippen LogP contribution is 2.41. The van der Waals surface area contributed by atoms with Crippen LogP contribution in [0.3, 0.4) is 0 Å². The SMILES string of the molecule is CC(C)(C)[Si](C)(C)OC[C@@H]1O[C@H](n2cnc3c(N)ncnc32)[C@@H]2OC(=S)O[C@H]21. The zero-order chi connectivity index (χ0) is 20.3. The molecule has 2 fully saturated rings. The minimum absolute atomic E-state index is 0.0989. The summed E-state index contributed by atoms with van der Waals surface area (Å²) in [6, 6.07) is 0. The van der Waals surface area contributed by atoms with Crippen LogP contribution < -0.4 is 5.73 Å². The fraction of sp³-hybridized carbons (Fsp3) is 0.647. The van der Waals surface area contributed by atoms with Crippen LogP contribution in [0, 0.1) is 0 Å². The number of nitrogen functional groups attached to an aromatic ring is 1. The maximum atomic E-state index is 6.36. The summed E-state index contributed by atoms with van der Waals surface area (Å²) in [6.45, 7) is 11.4. The first kappa shape index (κ1) is 19.5. The van der Waals surface area contributed by atoms with Gasteiger partial charge in [-0.3, -0.25) is 4.57 Å². The third-order valence-corrected chi connectivity index (χ3v) is 10.5. The normalized spacial score (nSPS) is 27.7. The topological polar surface area (TPSA) is 107 Å². The molecule has 4 heterocycles. The maximum Gasteiger partial charge on any atom is 0.353 e. The molecule has 2 aromatic rings. The first-order valence-corrected chi connectivity index (χ1v) is 12.5. The molecule has 0 bridgehead atoms. The molecule has 0 saturated carbocycles. The van der Waals surface area contributed by atoms with Gasteiger partial charge in [-0.25, -0.2) is 15.0 Å². The van der Waals surface area contributed by atoms with E-state index in [1.54, 1.807) is 10.9 Å². The second-order valence-electron chi connectivity index (χ2n) is 8.63. The number of nitrogens with two attached hydrogens (primary N) is 1. The number of aromatic nitrogens is 4. The molecule has 2 aliphatic rings. The van der Waals surface area contributed by atoms with Gasteiger partial charge in [0.05, 0.1) is 12.9 Å². The molecule has 28 heavy (non-hydrogen) atoms. The molecule has 2 N–H and O–H groups in total. The number of nitrogens with zero attached hydrogens (tertiary/aromatic N) is 4. The van der Waals surface area contributed by atoms with Crippen LogP contribution in [-0.4, -0.2) is 58.0 Å². The molecule has 0 spiro atoms. The van der Waals surface area contributed by atoms with Gasteiger partial charge in [-0.2, -0.15) is 0 Å². The van der Waals surface area contributed by atoms with Crippen molar-refractivity contribution in [1.29, 1.82) is 0 Å². The summed E-state index contributed by atoms with van der Waals surface area (Å²) in [5.74, 6) is 0.315. The number of rotatable bonds is 4. The van der Waals surface area contributed by atoms with Crippen molar-refractivity contribution in [3.05, 3.63) is 12.7 Å². The van der Waals surface area contributed by atoms with E-state index in [0.29, 0.717) is 23.6 Å². The molecule has 152 valence electrons. The Morgan fingerprint density at radius 2 is 1.93 bits per heavy atom. The highest BCUT2D eigenvalue weighted by Gasteiger charge is 2.54. The lowest BCUT2D eigenvalue weighted by Crippen LogP contribution is -2.44. The lowest BCUT2D eigenvalue weighted by molar-refractivity contribution is -0.0581. The van der Waals surface area contributed by atoms with Crippen molar-refractivity contribution < 1.29 is 18.6 Å². The first-order valence-electron chi connectivity index (χ1n) is 9.18. The Bertz CT molecular complexity index is 915. The second kappa shape index (κ2) is 6.61. The van der Waals surface area contributed by atoms with Crippen LogP contribution in [0.1, 0.15) is 27.0 Å². The Morgan fingerprint density at radius 3 is 2.64 bits per heavy atom. The van der Waals surface area contributed by atoms with Crippen LogP contribution >= 0.6 is 12.2 Å². The monoisotopic (exact) mass is 423 g/mol. The molecule has 0 aromatic carbocycles. The van der Waals surface area contributed by atoms with Gasteiger partial charge in [0.25, 0.3) is 0 Å². The molecule has 0 radical (unpaired) electrons. The van der Waals surface area contributed by atoms with E-state index in [-0.39, 0.29) is 22.5 Å². The Labute approximate surface area is 169 Å². The van der Waals surface area contributed by atoms with E-state index >= 15 is 0 Å². The van der Waals surface area contributed by atoms with E-state index in [0.717, 1.165) is 0 Å². The van der Waals surface area contributed by atoms with Gasteiger partial charge in [-0.15, -0.1) is 0 Å². The van der Waals surface area contributed by atoms with Crippen molar-refractivity contribution in [2.75, 3.05) is 12.3 Å². The van der Waals surface area contributed by atoms with Crippen LogP contribution in [0.25, 0.3) is 11.2 Å². The number of hydrogen-bond donors (Lipinski definition) is 1. The zero-order valence-corrected chi connectivity index (χ0v) is 18.4. The third-order valence-electron chi connectivity index (χ3n) is 5.83. The fourth-order valence-electron chi connectivity index (χ4n) is 3.15. The average molecular weight is 424 g/mol. The average Bonchev–Trinajstić information content (AvgIpc) is 3.26. The Kier molecular flexibility index (Phi) is 4.60. The molecule has 11 heteroatoms. The molecule has 0 unspecified atom stereocenters. The smallest absolute Gasteiger partial charge is 0.353 e. The van der Waals surface area contributed by atoms with E-state index in [4.69, 9.17) is 36.6 Å². The molecule has 0 amide bonds. The van der Waals surface area contributed by atoms with E-state index in [9.17, 15) is 0 Å². The number of fused-ring (bicyclic) bond motifs is 2. The standard InChI is InChI=1S/C17H25N5O4SSi/c1-17(2,3)28(4,5)23-6-9-11-12(26-16(27)25-11)15(24-9)22-8-21-10-13(18)19-7-20-14(10)22/h7-9,11-12,15H,6H2,1-5H3,(H2,18,19,20)/t9-,11-,12+,15-/m0/s1. The number of ether oxygens (including phenoxy) is 3. The van der Waals surface area contributed by atoms with Crippen molar-refractivity contribution in [2.45, 2.75) is 63.4 Å². The number of hydrogen-bond acceptors (Lipinski definition) is 9. The summed E-state index contributed by atoms with van der Waals surface area (Å²) >= 11 is 5.14. The van der Waals surface area contributed by atoms with Crippen molar-refractivity contribution in [3.63, 3.8) is 0 Å². The van der Waals surface area contributed by atoms with E-state index in [2.05, 4.69) is 48.8 Å². The molecule has 9 nitrogen and oxygen atoms in total. The highest BCUT2D eigenvalue weighted by molar-refractivity contribution is 7.79. The van der Waals surface area contributed by atoms with Crippen LogP contribution in [0.5, 0.6) is 0 Å². The summed E-state index contributed by atoms with van der Waals surface area (Å²) in [4.78, 5) is 12.6. The van der Waals surface area contributed by atoms with Gasteiger partial charge in [0.2, 0.25) is 0 Å². The second-order valence-corrected chi connectivity index (χ2v) is 13.8. The summed E-state index contributed by atoms with van der Waals surface area (Å²) in [5, 5.41) is 0.223. The van der Waals surface area contributed by atoms with Gasteiger partial charge < -0.3 is 24.4 Å². The Hall–Kier alpha value is -1.82. The van der Waals surface area contributed by atoms with Crippen molar-refractivity contribution in [3.8, 4) is 0 Å². The molecular weight excluding hydrogens is 398 g/mol. The molecule has 2 aromatic heterocycles. The Balaban J connectivity index is 1.60. The lowest BCUT2D eigenvalue weighted by atomic mass is 10.1. The number of anilines is 1. The van der Waals surface area contributed by atoms with Gasteiger partial charge in [-0.1, -0.05) is 20.8 Å². The molecule has 2 aliphatic heterocycles. The maximum absolute atomic E-state index is 6.36. The molecule has 4 rings (SSSR count). The van der Waals surface area contributed by atoms with Crippen molar-refractivity contribution in [2.24, 2.45) is 0 Å². The largest absolute Gasteiger partial charge is 0.447 e. The van der Waals surface area contributed by atoms with Gasteiger partial charge in [-0.05, 0) is 18.1 Å². The summed E-state index contributed by atoms with van der Waals surface area (Å²) < 4.78 is 25.9. The summed E-state index contributed by atoms with van der Waals surface area (Å²) in [7, 11) is -1.94. The highest BCUT2D eigenvalue weighted by atomic mass is 32.1. The fourth-order valence-corrected chi connectivity index (χ4v) is 4.38. The summed E-state index contributed by atoms with van der Waals surface area (Å²) in [5.41, 5.74) is 6.99. The van der Waals surface area contributed by atoms with Gasteiger partial charge in [0.15, 0.2) is 38.2 Å². The zero-order valence-electron chi connectivity index (χ0n) is 16.6. The first-order chi connectivity index (χ1) is 13.1. The summed E-state index contributed by atoms with van der Waals surface area (Å²) in [6.07, 6.45) is 1.45. The Morgan fingerprint density at radius 1 is 1.21 bits per heavy atom. The van der Waals surface area contributed by atoms with E-state index in [1.807, 2.05) is 0 Å². The lowest BCUT2D eigenvalue weighted by Gasteiger charge is -2.37. The molecular formula is C17H25N5O4SSi. The van der Waals surface area contributed by atoms with E-state index < -0.39 is 20.6 Å². The quantitative estimate of drug-likeness (QED) is 0.586. The van der Waals surface area contributed by atoms with Crippen LogP contribution in [0.15, 0.2) is 12.7 Å².